The standard InChI is InChI=1S/C22H34N4O2/c1-17-6-5-9-26(19(14-17)15-18-7-3-2-4-8-18)22-23-20(16-21(27)24-22)25-10-12-28-13-11-25/h2-4,7-8,17,19-20,22-23H,5-6,9-16H2,1H3,(H,24,27)/t17-,19+,20?,22?/m0/s1. The first-order valence-corrected chi connectivity index (χ1v) is 10.9. The SMILES string of the molecule is C[C@H]1CCCN(C2NC(=O)CC(N3CCOCC3)N2)[C@@H](Cc2ccccc2)C1. The minimum atomic E-state index is -0.0897. The van der Waals surface area contributed by atoms with Gasteiger partial charge in [-0.2, -0.15) is 0 Å². The summed E-state index contributed by atoms with van der Waals surface area (Å²) in [5.41, 5.74) is 1.37. The Kier molecular flexibility index (Phi) is 6.62. The summed E-state index contributed by atoms with van der Waals surface area (Å²) in [6.07, 6.45) is 5.17. The fourth-order valence-corrected chi connectivity index (χ4v) is 4.92. The fraction of sp³-hybridized carbons (Fsp3) is 0.682. The smallest absolute Gasteiger partial charge is 0.225 e. The monoisotopic (exact) mass is 386 g/mol. The Labute approximate surface area is 168 Å². The van der Waals surface area contributed by atoms with E-state index in [0.29, 0.717) is 18.4 Å². The van der Waals surface area contributed by atoms with Gasteiger partial charge in [0, 0.05) is 25.7 Å². The van der Waals surface area contributed by atoms with Crippen molar-refractivity contribution in [3.05, 3.63) is 35.9 Å². The predicted octanol–water partition coefficient (Wildman–Crippen LogP) is 1.77. The highest BCUT2D eigenvalue weighted by Crippen LogP contribution is 2.26. The molecule has 0 radical (unpaired) electrons. The van der Waals surface area contributed by atoms with Crippen LogP contribution < -0.4 is 10.6 Å². The third kappa shape index (κ3) is 4.92. The molecule has 3 saturated heterocycles. The van der Waals surface area contributed by atoms with Gasteiger partial charge in [0.1, 0.15) is 6.29 Å². The Morgan fingerprint density at radius 3 is 2.71 bits per heavy atom. The van der Waals surface area contributed by atoms with Crippen molar-refractivity contribution in [2.45, 2.75) is 57.5 Å². The summed E-state index contributed by atoms with van der Waals surface area (Å²) in [4.78, 5) is 17.4. The molecule has 2 N–H and O–H groups in total. The van der Waals surface area contributed by atoms with Crippen molar-refractivity contribution in [2.75, 3.05) is 32.8 Å². The molecule has 154 valence electrons. The molecule has 28 heavy (non-hydrogen) atoms. The average Bonchev–Trinajstić information content (AvgIpc) is 2.90. The topological polar surface area (TPSA) is 56.8 Å². The van der Waals surface area contributed by atoms with E-state index in [2.05, 4.69) is 57.7 Å². The first-order valence-electron chi connectivity index (χ1n) is 10.9. The highest BCUT2D eigenvalue weighted by atomic mass is 16.5. The largest absolute Gasteiger partial charge is 0.379 e. The van der Waals surface area contributed by atoms with Gasteiger partial charge in [0.05, 0.1) is 25.8 Å². The number of benzene rings is 1. The second-order valence-corrected chi connectivity index (χ2v) is 8.57. The lowest BCUT2D eigenvalue weighted by Crippen LogP contribution is -2.69. The third-order valence-corrected chi connectivity index (χ3v) is 6.42. The molecular weight excluding hydrogens is 352 g/mol. The highest BCUT2D eigenvalue weighted by Gasteiger charge is 2.37. The zero-order valence-electron chi connectivity index (χ0n) is 17.0. The van der Waals surface area contributed by atoms with E-state index in [1.54, 1.807) is 0 Å². The van der Waals surface area contributed by atoms with E-state index in [9.17, 15) is 4.79 Å². The molecule has 3 heterocycles. The van der Waals surface area contributed by atoms with Crippen molar-refractivity contribution in [1.29, 1.82) is 0 Å². The Hall–Kier alpha value is -1.47. The molecule has 3 fully saturated rings. The molecule has 1 aromatic carbocycles. The molecule has 0 aliphatic carbocycles. The number of carbonyl (C=O) groups is 1. The van der Waals surface area contributed by atoms with Gasteiger partial charge >= 0.3 is 0 Å². The zero-order chi connectivity index (χ0) is 19.3. The summed E-state index contributed by atoms with van der Waals surface area (Å²) in [5, 5.41) is 6.98. The number of amides is 1. The van der Waals surface area contributed by atoms with Gasteiger partial charge in [-0.05, 0) is 37.2 Å². The first kappa shape index (κ1) is 19.8. The van der Waals surface area contributed by atoms with E-state index in [1.165, 1.54) is 24.8 Å². The van der Waals surface area contributed by atoms with Crippen LogP contribution in [0.25, 0.3) is 0 Å². The summed E-state index contributed by atoms with van der Waals surface area (Å²) in [7, 11) is 0. The summed E-state index contributed by atoms with van der Waals surface area (Å²) < 4.78 is 5.49. The van der Waals surface area contributed by atoms with Gasteiger partial charge in [0.15, 0.2) is 0 Å². The van der Waals surface area contributed by atoms with Gasteiger partial charge in [0.25, 0.3) is 0 Å². The number of likely N-dealkylation sites (tertiary alicyclic amines) is 1. The molecule has 0 spiro atoms. The Balaban J connectivity index is 1.50. The molecule has 6 nitrogen and oxygen atoms in total. The van der Waals surface area contributed by atoms with Gasteiger partial charge in [-0.15, -0.1) is 0 Å². The molecule has 3 aliphatic rings. The third-order valence-electron chi connectivity index (χ3n) is 6.42. The van der Waals surface area contributed by atoms with Crippen LogP contribution in [0.3, 0.4) is 0 Å². The number of carbonyl (C=O) groups excluding carboxylic acids is 1. The number of nitrogens with one attached hydrogen (secondary N) is 2. The van der Waals surface area contributed by atoms with Crippen molar-refractivity contribution >= 4 is 5.91 Å². The molecule has 1 aromatic rings. The molecule has 6 heteroatoms. The number of hydrogen-bond acceptors (Lipinski definition) is 5. The second kappa shape index (κ2) is 9.35. The lowest BCUT2D eigenvalue weighted by molar-refractivity contribution is -0.131. The molecule has 4 rings (SSSR count). The molecule has 1 amide bonds. The van der Waals surface area contributed by atoms with Crippen molar-refractivity contribution in [1.82, 2.24) is 20.4 Å². The van der Waals surface area contributed by atoms with Crippen LogP contribution in [-0.2, 0) is 16.0 Å². The average molecular weight is 387 g/mol. The van der Waals surface area contributed by atoms with Crippen LogP contribution in [0.2, 0.25) is 0 Å². The molecule has 0 aromatic heterocycles. The van der Waals surface area contributed by atoms with E-state index in [1.807, 2.05) is 0 Å². The van der Waals surface area contributed by atoms with Gasteiger partial charge in [-0.25, -0.2) is 0 Å². The van der Waals surface area contributed by atoms with Crippen molar-refractivity contribution in [2.24, 2.45) is 5.92 Å². The van der Waals surface area contributed by atoms with Crippen LogP contribution in [0.5, 0.6) is 0 Å². The van der Waals surface area contributed by atoms with Crippen molar-refractivity contribution in [3.8, 4) is 0 Å². The minimum absolute atomic E-state index is 0.0897. The lowest BCUT2D eigenvalue weighted by atomic mass is 9.94. The van der Waals surface area contributed by atoms with E-state index in [4.69, 9.17) is 4.74 Å². The van der Waals surface area contributed by atoms with Gasteiger partial charge < -0.3 is 10.1 Å². The summed E-state index contributed by atoms with van der Waals surface area (Å²) in [5.74, 6) is 0.865. The van der Waals surface area contributed by atoms with Crippen molar-refractivity contribution in [3.63, 3.8) is 0 Å². The van der Waals surface area contributed by atoms with Crippen LogP contribution in [0.15, 0.2) is 30.3 Å². The van der Waals surface area contributed by atoms with E-state index < -0.39 is 0 Å². The zero-order valence-corrected chi connectivity index (χ0v) is 17.0. The van der Waals surface area contributed by atoms with E-state index in [-0.39, 0.29) is 18.4 Å². The van der Waals surface area contributed by atoms with Crippen LogP contribution >= 0.6 is 0 Å². The number of hydrogen-bond donors (Lipinski definition) is 2. The summed E-state index contributed by atoms with van der Waals surface area (Å²) in [6, 6.07) is 11.2. The molecule has 3 aliphatic heterocycles. The molecule has 0 bridgehead atoms. The number of nitrogens with zero attached hydrogens (tertiary/aromatic N) is 2. The molecule has 4 atom stereocenters. The molecular formula is C22H34N4O2. The molecule has 2 unspecified atom stereocenters. The first-order chi connectivity index (χ1) is 13.7. The van der Waals surface area contributed by atoms with E-state index in [0.717, 1.165) is 39.3 Å². The maximum absolute atomic E-state index is 12.5. The Morgan fingerprint density at radius 1 is 1.14 bits per heavy atom. The second-order valence-electron chi connectivity index (χ2n) is 8.57. The van der Waals surface area contributed by atoms with Crippen LogP contribution in [0, 0.1) is 5.92 Å². The quantitative estimate of drug-likeness (QED) is 0.826. The Bertz CT molecular complexity index is 635. The van der Waals surface area contributed by atoms with Crippen LogP contribution in [0.1, 0.15) is 38.2 Å². The van der Waals surface area contributed by atoms with E-state index >= 15 is 0 Å². The van der Waals surface area contributed by atoms with Gasteiger partial charge in [-0.1, -0.05) is 37.3 Å². The number of rotatable bonds is 4. The lowest BCUT2D eigenvalue weighted by Gasteiger charge is -2.45. The summed E-state index contributed by atoms with van der Waals surface area (Å²) >= 11 is 0. The Morgan fingerprint density at radius 2 is 1.93 bits per heavy atom. The predicted molar refractivity (Wildman–Crippen MR) is 110 cm³/mol. The van der Waals surface area contributed by atoms with Gasteiger partial charge in [-0.3, -0.25) is 19.9 Å². The van der Waals surface area contributed by atoms with Crippen LogP contribution in [-0.4, -0.2) is 67.1 Å². The fourth-order valence-electron chi connectivity index (χ4n) is 4.92. The van der Waals surface area contributed by atoms with Gasteiger partial charge in [0.2, 0.25) is 5.91 Å². The van der Waals surface area contributed by atoms with Crippen LogP contribution in [0.4, 0.5) is 0 Å². The van der Waals surface area contributed by atoms with Crippen molar-refractivity contribution < 1.29 is 9.53 Å². The summed E-state index contributed by atoms with van der Waals surface area (Å²) in [6.45, 7) is 6.68. The normalized spacial score (nSPS) is 33.2. The number of ether oxygens (including phenoxy) is 1. The number of morpholine rings is 1. The maximum Gasteiger partial charge on any atom is 0.225 e. The molecule has 0 saturated carbocycles. The highest BCUT2D eigenvalue weighted by molar-refractivity contribution is 5.77. The minimum Gasteiger partial charge on any atom is -0.379 e. The maximum atomic E-state index is 12.5.